The zero-order valence-electron chi connectivity index (χ0n) is 15.7. The summed E-state index contributed by atoms with van der Waals surface area (Å²) in [6.45, 7) is 1.45. The Morgan fingerprint density at radius 2 is 1.72 bits per heavy atom. The van der Waals surface area contributed by atoms with E-state index in [9.17, 15) is 0 Å². The molecule has 4 heteroatoms. The summed E-state index contributed by atoms with van der Waals surface area (Å²) in [6.07, 6.45) is 8.82. The molecule has 0 atom stereocenters. The van der Waals surface area contributed by atoms with E-state index in [1.165, 1.54) is 37.8 Å². The van der Waals surface area contributed by atoms with Gasteiger partial charge in [-0.15, -0.1) is 0 Å². The van der Waals surface area contributed by atoms with Gasteiger partial charge in [-0.25, -0.2) is 0 Å². The summed E-state index contributed by atoms with van der Waals surface area (Å²) >= 11 is 0. The van der Waals surface area contributed by atoms with Crippen LogP contribution in [-0.4, -0.2) is 33.1 Å². The predicted octanol–water partition coefficient (Wildman–Crippen LogP) is 4.76. The van der Waals surface area contributed by atoms with E-state index in [0.29, 0.717) is 12.3 Å². The molecular weight excluding hydrogens is 312 g/mol. The van der Waals surface area contributed by atoms with Crippen LogP contribution in [0.3, 0.4) is 0 Å². The molecule has 0 unspecified atom stereocenters. The van der Waals surface area contributed by atoms with Gasteiger partial charge in [-0.05, 0) is 31.4 Å². The molecule has 1 aromatic rings. The second-order valence-electron chi connectivity index (χ2n) is 7.09. The maximum Gasteiger partial charge on any atom is 0.171 e. The first-order chi connectivity index (χ1) is 12.2. The predicted molar refractivity (Wildman–Crippen MR) is 101 cm³/mol. The van der Waals surface area contributed by atoms with Crippen LogP contribution in [0.15, 0.2) is 30.3 Å². The second-order valence-corrected chi connectivity index (χ2v) is 7.09. The van der Waals surface area contributed by atoms with E-state index in [2.05, 4.69) is 23.1 Å². The highest BCUT2D eigenvalue weighted by atomic mass is 16.7. The number of hydrogen-bond acceptors (Lipinski definition) is 4. The van der Waals surface area contributed by atoms with Crippen LogP contribution in [0.1, 0.15) is 51.4 Å². The van der Waals surface area contributed by atoms with Crippen LogP contribution < -0.4 is 4.90 Å². The molecule has 25 heavy (non-hydrogen) atoms. The van der Waals surface area contributed by atoms with Crippen molar-refractivity contribution >= 4 is 5.69 Å². The highest BCUT2D eigenvalue weighted by molar-refractivity contribution is 5.43. The first kappa shape index (κ1) is 19.8. The van der Waals surface area contributed by atoms with Crippen LogP contribution in [0.5, 0.6) is 0 Å². The van der Waals surface area contributed by atoms with Gasteiger partial charge in [-0.1, -0.05) is 37.5 Å². The lowest BCUT2D eigenvalue weighted by Crippen LogP contribution is -2.40. The van der Waals surface area contributed by atoms with E-state index in [4.69, 9.17) is 14.7 Å². The number of rotatable bonds is 5. The van der Waals surface area contributed by atoms with E-state index in [1.807, 2.05) is 32.3 Å². The van der Waals surface area contributed by atoms with E-state index in [1.54, 1.807) is 0 Å². The number of benzene rings is 1. The number of para-hydroxylation sites is 1. The van der Waals surface area contributed by atoms with Crippen LogP contribution in [0.4, 0.5) is 5.69 Å². The van der Waals surface area contributed by atoms with Crippen LogP contribution in [0.25, 0.3) is 0 Å². The van der Waals surface area contributed by atoms with Crippen molar-refractivity contribution in [2.24, 2.45) is 5.92 Å². The Labute approximate surface area is 152 Å². The Morgan fingerprint density at radius 1 is 1.08 bits per heavy atom. The molecule has 0 bridgehead atoms. The quantitative estimate of drug-likeness (QED) is 0.723. The summed E-state index contributed by atoms with van der Waals surface area (Å²) in [7, 11) is 4.07. The largest absolute Gasteiger partial charge is 0.378 e. The van der Waals surface area contributed by atoms with Crippen LogP contribution in [-0.2, 0) is 9.47 Å². The molecule has 4 nitrogen and oxygen atoms in total. The molecule has 2 fully saturated rings. The van der Waals surface area contributed by atoms with Gasteiger partial charge in [-0.2, -0.15) is 5.26 Å². The molecule has 0 radical (unpaired) electrons. The first-order valence-corrected chi connectivity index (χ1v) is 9.55. The topological polar surface area (TPSA) is 45.5 Å². The average molecular weight is 344 g/mol. The van der Waals surface area contributed by atoms with Crippen molar-refractivity contribution in [2.45, 2.75) is 57.2 Å². The maximum atomic E-state index is 8.60. The highest BCUT2D eigenvalue weighted by Gasteiger charge is 2.43. The molecule has 1 saturated carbocycles. The van der Waals surface area contributed by atoms with Gasteiger partial charge < -0.3 is 14.4 Å². The third-order valence-corrected chi connectivity index (χ3v) is 5.09. The van der Waals surface area contributed by atoms with Gasteiger partial charge in [0.2, 0.25) is 0 Å². The van der Waals surface area contributed by atoms with E-state index in [0.717, 1.165) is 26.1 Å². The smallest absolute Gasteiger partial charge is 0.171 e. The zero-order chi connectivity index (χ0) is 18.0. The van der Waals surface area contributed by atoms with Gasteiger partial charge in [0, 0.05) is 38.5 Å². The fourth-order valence-corrected chi connectivity index (χ4v) is 3.74. The van der Waals surface area contributed by atoms with E-state index in [-0.39, 0.29) is 5.79 Å². The number of ether oxygens (including phenoxy) is 2. The molecule has 1 aliphatic carbocycles. The fourth-order valence-electron chi connectivity index (χ4n) is 3.74. The molecule has 1 saturated heterocycles. The standard InChI is InChI=1S/C13H21NO2.C8H11N/c14-9-5-4-8-13(15-10-11-16-13)12-6-2-1-3-7-12;1-9(2)8-6-4-3-5-7-8/h12H,1-8,10-11H2;3-7H,1-2H3. The third kappa shape index (κ3) is 6.02. The normalized spacial score (nSPS) is 19.6. The third-order valence-electron chi connectivity index (χ3n) is 5.09. The number of nitrogens with zero attached hydrogens (tertiary/aromatic N) is 2. The molecule has 1 aliphatic heterocycles. The Balaban J connectivity index is 0.000000212. The van der Waals surface area contributed by atoms with Crippen molar-refractivity contribution in [1.82, 2.24) is 0 Å². The van der Waals surface area contributed by atoms with Gasteiger partial charge in [0.25, 0.3) is 0 Å². The first-order valence-electron chi connectivity index (χ1n) is 9.55. The van der Waals surface area contributed by atoms with Gasteiger partial charge in [0.1, 0.15) is 0 Å². The molecular formula is C21H32N2O2. The minimum absolute atomic E-state index is 0.336. The maximum absolute atomic E-state index is 8.60. The van der Waals surface area contributed by atoms with Crippen molar-refractivity contribution in [3.8, 4) is 6.07 Å². The molecule has 0 aromatic heterocycles. The minimum atomic E-state index is -0.336. The molecule has 0 N–H and O–H groups in total. The molecule has 138 valence electrons. The van der Waals surface area contributed by atoms with E-state index >= 15 is 0 Å². The summed E-state index contributed by atoms with van der Waals surface area (Å²) in [6, 6.07) is 12.5. The number of unbranched alkanes of at least 4 members (excludes halogenated alkanes) is 1. The van der Waals surface area contributed by atoms with Crippen LogP contribution >= 0.6 is 0 Å². The lowest BCUT2D eigenvalue weighted by molar-refractivity contribution is -0.206. The summed E-state index contributed by atoms with van der Waals surface area (Å²) < 4.78 is 11.8. The Bertz CT molecular complexity index is 512. The van der Waals surface area contributed by atoms with Crippen molar-refractivity contribution in [1.29, 1.82) is 5.26 Å². The van der Waals surface area contributed by atoms with Gasteiger partial charge in [0.05, 0.1) is 19.3 Å². The zero-order valence-corrected chi connectivity index (χ0v) is 15.7. The Morgan fingerprint density at radius 3 is 2.24 bits per heavy atom. The van der Waals surface area contributed by atoms with Crippen LogP contribution in [0, 0.1) is 17.2 Å². The molecule has 0 amide bonds. The van der Waals surface area contributed by atoms with Crippen molar-refractivity contribution in [3.63, 3.8) is 0 Å². The summed E-state index contributed by atoms with van der Waals surface area (Å²) in [5.41, 5.74) is 1.25. The SMILES string of the molecule is CN(C)c1ccccc1.N#CCCCC1(C2CCCCC2)OCCO1. The van der Waals surface area contributed by atoms with Crippen LogP contribution in [0.2, 0.25) is 0 Å². The average Bonchev–Trinajstić information content (AvgIpc) is 3.14. The molecule has 1 heterocycles. The van der Waals surface area contributed by atoms with Gasteiger partial charge >= 0.3 is 0 Å². The van der Waals surface area contributed by atoms with Gasteiger partial charge in [-0.3, -0.25) is 0 Å². The van der Waals surface area contributed by atoms with Crippen molar-refractivity contribution < 1.29 is 9.47 Å². The number of nitriles is 1. The molecule has 2 aliphatic rings. The van der Waals surface area contributed by atoms with Gasteiger partial charge in [0.15, 0.2) is 5.79 Å². The lowest BCUT2D eigenvalue weighted by Gasteiger charge is -2.37. The second kappa shape index (κ2) is 10.4. The minimum Gasteiger partial charge on any atom is -0.378 e. The molecule has 3 rings (SSSR count). The summed E-state index contributed by atoms with van der Waals surface area (Å²) in [4.78, 5) is 2.08. The van der Waals surface area contributed by atoms with E-state index < -0.39 is 0 Å². The monoisotopic (exact) mass is 344 g/mol. The highest BCUT2D eigenvalue weighted by Crippen LogP contribution is 2.41. The lowest BCUT2D eigenvalue weighted by atomic mass is 9.81. The summed E-state index contributed by atoms with van der Waals surface area (Å²) in [5.74, 6) is 0.222. The fraction of sp³-hybridized carbons (Fsp3) is 0.667. The Hall–Kier alpha value is -1.57. The van der Waals surface area contributed by atoms with Crippen molar-refractivity contribution in [3.05, 3.63) is 30.3 Å². The number of anilines is 1. The summed E-state index contributed by atoms with van der Waals surface area (Å²) in [5, 5.41) is 8.60. The number of hydrogen-bond donors (Lipinski definition) is 0. The Kier molecular flexibility index (Phi) is 8.24. The van der Waals surface area contributed by atoms with Crippen molar-refractivity contribution in [2.75, 3.05) is 32.2 Å². The molecule has 1 aromatic carbocycles. The molecule has 0 spiro atoms.